The smallest absolute Gasteiger partial charge is 0.203 e. The molecule has 1 aliphatic rings. The van der Waals surface area contributed by atoms with Gasteiger partial charge in [0.25, 0.3) is 0 Å². The predicted molar refractivity (Wildman–Crippen MR) is 102 cm³/mol. The van der Waals surface area contributed by atoms with Crippen molar-refractivity contribution in [1.82, 2.24) is 9.47 Å². The first-order chi connectivity index (χ1) is 12.5. The first-order valence-electron chi connectivity index (χ1n) is 9.17. The summed E-state index contributed by atoms with van der Waals surface area (Å²) in [6.45, 7) is 5.46. The van der Waals surface area contributed by atoms with Crippen LogP contribution in [0.2, 0.25) is 0 Å². The van der Waals surface area contributed by atoms with Crippen LogP contribution in [-0.2, 0) is 0 Å². The zero-order valence-electron chi connectivity index (χ0n) is 15.4. The Hall–Kier alpha value is -2.60. The average molecular weight is 353 g/mol. The van der Waals surface area contributed by atoms with Gasteiger partial charge in [-0.2, -0.15) is 0 Å². The van der Waals surface area contributed by atoms with Gasteiger partial charge in [0.15, 0.2) is 0 Å². The van der Waals surface area contributed by atoms with Crippen molar-refractivity contribution in [3.05, 3.63) is 59.2 Å². The molecule has 138 valence electrons. The molecule has 2 unspecified atom stereocenters. The monoisotopic (exact) mass is 353 g/mol. The second kappa shape index (κ2) is 7.74. The standard InChI is InChI=1S/C20H27N5O/c1-3-24(4-2)20(23)25-13-14(9-12-19(25)22)26-18-11-10-17(21)15-7-5-6-8-16(15)18/h5-9,12-13,17-18,22-23H,3-4,10-11,21H2,1-2H3. The number of benzene rings is 1. The van der Waals surface area contributed by atoms with Crippen molar-refractivity contribution >= 4 is 5.96 Å². The van der Waals surface area contributed by atoms with E-state index in [1.807, 2.05) is 30.9 Å². The molecule has 3 rings (SSSR count). The van der Waals surface area contributed by atoms with Gasteiger partial charge < -0.3 is 15.4 Å². The SMILES string of the molecule is CCN(CC)C(=N)n1cc(OC2CCC(N)c3ccccc32)ccc1=N. The van der Waals surface area contributed by atoms with Crippen LogP contribution in [0.5, 0.6) is 5.75 Å². The lowest BCUT2D eigenvalue weighted by Gasteiger charge is -2.30. The van der Waals surface area contributed by atoms with E-state index in [9.17, 15) is 0 Å². The number of fused-ring (bicyclic) bond motifs is 1. The van der Waals surface area contributed by atoms with Gasteiger partial charge in [0, 0.05) is 19.1 Å². The summed E-state index contributed by atoms with van der Waals surface area (Å²) in [7, 11) is 0. The minimum atomic E-state index is -0.0568. The number of hydrogen-bond donors (Lipinski definition) is 3. The number of ether oxygens (including phenoxy) is 1. The molecule has 4 N–H and O–H groups in total. The maximum atomic E-state index is 8.38. The van der Waals surface area contributed by atoms with Gasteiger partial charge >= 0.3 is 0 Å². The number of hydrogen-bond acceptors (Lipinski definition) is 4. The fraction of sp³-hybridized carbons (Fsp3) is 0.400. The minimum absolute atomic E-state index is 0.0568. The quantitative estimate of drug-likeness (QED) is 0.583. The second-order valence-electron chi connectivity index (χ2n) is 6.54. The Labute approximate surface area is 154 Å². The lowest BCUT2D eigenvalue weighted by Crippen LogP contribution is -2.40. The molecule has 0 spiro atoms. The van der Waals surface area contributed by atoms with Gasteiger partial charge in [-0.05, 0) is 49.9 Å². The van der Waals surface area contributed by atoms with E-state index in [2.05, 4.69) is 12.1 Å². The van der Waals surface area contributed by atoms with Gasteiger partial charge in [0.2, 0.25) is 5.96 Å². The van der Waals surface area contributed by atoms with Gasteiger partial charge in [0.05, 0.1) is 6.20 Å². The lowest BCUT2D eigenvalue weighted by molar-refractivity contribution is 0.176. The van der Waals surface area contributed by atoms with Gasteiger partial charge in [-0.3, -0.25) is 15.4 Å². The Morgan fingerprint density at radius 1 is 1.15 bits per heavy atom. The molecule has 2 aromatic rings. The van der Waals surface area contributed by atoms with Crippen LogP contribution < -0.4 is 16.0 Å². The third-order valence-electron chi connectivity index (χ3n) is 4.97. The number of nitrogens with two attached hydrogens (primary N) is 1. The molecular formula is C20H27N5O. The molecule has 1 aromatic carbocycles. The Morgan fingerprint density at radius 3 is 2.54 bits per heavy atom. The van der Waals surface area contributed by atoms with E-state index in [4.69, 9.17) is 21.3 Å². The first-order valence-corrected chi connectivity index (χ1v) is 9.17. The fourth-order valence-electron chi connectivity index (χ4n) is 3.47. The first kappa shape index (κ1) is 18.2. The number of aromatic nitrogens is 1. The zero-order valence-corrected chi connectivity index (χ0v) is 15.4. The Bertz CT molecular complexity index is 840. The molecule has 0 bridgehead atoms. The molecule has 0 saturated carbocycles. The molecule has 0 aliphatic heterocycles. The molecule has 2 atom stereocenters. The predicted octanol–water partition coefficient (Wildman–Crippen LogP) is 3.01. The Balaban J connectivity index is 1.88. The van der Waals surface area contributed by atoms with Crippen molar-refractivity contribution in [3.8, 4) is 5.75 Å². The molecular weight excluding hydrogens is 326 g/mol. The van der Waals surface area contributed by atoms with E-state index in [1.165, 1.54) is 0 Å². The van der Waals surface area contributed by atoms with Crippen molar-refractivity contribution in [2.24, 2.45) is 5.73 Å². The van der Waals surface area contributed by atoms with Gasteiger partial charge in [-0.1, -0.05) is 24.3 Å². The highest BCUT2D eigenvalue weighted by molar-refractivity contribution is 5.79. The molecule has 6 heteroatoms. The number of pyridine rings is 1. The van der Waals surface area contributed by atoms with E-state index < -0.39 is 0 Å². The lowest BCUT2D eigenvalue weighted by atomic mass is 9.86. The van der Waals surface area contributed by atoms with Crippen LogP contribution >= 0.6 is 0 Å². The van der Waals surface area contributed by atoms with Crippen molar-refractivity contribution in [2.45, 2.75) is 38.8 Å². The van der Waals surface area contributed by atoms with E-state index in [0.717, 1.165) is 37.1 Å². The highest BCUT2D eigenvalue weighted by Crippen LogP contribution is 2.37. The minimum Gasteiger partial charge on any atom is -0.484 e. The number of rotatable bonds is 4. The molecule has 0 fully saturated rings. The van der Waals surface area contributed by atoms with Crippen LogP contribution in [0.4, 0.5) is 0 Å². The van der Waals surface area contributed by atoms with E-state index >= 15 is 0 Å². The molecule has 26 heavy (non-hydrogen) atoms. The van der Waals surface area contributed by atoms with Crippen molar-refractivity contribution in [2.75, 3.05) is 13.1 Å². The summed E-state index contributed by atoms with van der Waals surface area (Å²) in [5.74, 6) is 0.949. The molecule has 0 radical (unpaired) electrons. The number of nitrogens with one attached hydrogen (secondary N) is 2. The summed E-state index contributed by atoms with van der Waals surface area (Å²) in [6.07, 6.45) is 3.42. The van der Waals surface area contributed by atoms with Crippen molar-refractivity contribution in [3.63, 3.8) is 0 Å². The van der Waals surface area contributed by atoms with Gasteiger partial charge in [-0.25, -0.2) is 0 Å². The Kier molecular flexibility index (Phi) is 5.42. The zero-order chi connectivity index (χ0) is 18.7. The molecule has 1 heterocycles. The van der Waals surface area contributed by atoms with E-state index in [0.29, 0.717) is 5.75 Å². The Morgan fingerprint density at radius 2 is 1.85 bits per heavy atom. The largest absolute Gasteiger partial charge is 0.484 e. The highest BCUT2D eigenvalue weighted by Gasteiger charge is 2.26. The third kappa shape index (κ3) is 3.51. The second-order valence-corrected chi connectivity index (χ2v) is 6.54. The summed E-state index contributed by atoms with van der Waals surface area (Å²) in [5, 5.41) is 16.5. The fourth-order valence-corrected chi connectivity index (χ4v) is 3.47. The topological polar surface area (TPSA) is 91.1 Å². The third-order valence-corrected chi connectivity index (χ3v) is 4.97. The van der Waals surface area contributed by atoms with Crippen molar-refractivity contribution < 1.29 is 4.74 Å². The summed E-state index contributed by atoms with van der Waals surface area (Å²) in [4.78, 5) is 1.90. The summed E-state index contributed by atoms with van der Waals surface area (Å²) >= 11 is 0. The van der Waals surface area contributed by atoms with Crippen LogP contribution in [0, 0.1) is 10.8 Å². The summed E-state index contributed by atoms with van der Waals surface area (Å²) in [5.41, 5.74) is 8.77. The van der Waals surface area contributed by atoms with E-state index in [-0.39, 0.29) is 23.6 Å². The maximum Gasteiger partial charge on any atom is 0.203 e. The van der Waals surface area contributed by atoms with Crippen LogP contribution in [0.15, 0.2) is 42.6 Å². The van der Waals surface area contributed by atoms with Crippen molar-refractivity contribution in [1.29, 1.82) is 10.8 Å². The summed E-state index contributed by atoms with van der Waals surface area (Å²) in [6, 6.07) is 11.7. The summed E-state index contributed by atoms with van der Waals surface area (Å²) < 4.78 is 7.81. The van der Waals surface area contributed by atoms with Crippen LogP contribution in [0.1, 0.15) is 50.0 Å². The molecule has 0 saturated heterocycles. The van der Waals surface area contributed by atoms with Crippen LogP contribution in [0.25, 0.3) is 0 Å². The molecule has 1 aromatic heterocycles. The molecule has 6 nitrogen and oxygen atoms in total. The van der Waals surface area contributed by atoms with Crippen LogP contribution in [-0.4, -0.2) is 28.5 Å². The average Bonchev–Trinajstić information content (AvgIpc) is 2.66. The van der Waals surface area contributed by atoms with Gasteiger partial charge in [0.1, 0.15) is 17.3 Å². The number of nitrogens with zero attached hydrogens (tertiary/aromatic N) is 2. The van der Waals surface area contributed by atoms with Gasteiger partial charge in [-0.15, -0.1) is 0 Å². The van der Waals surface area contributed by atoms with Crippen LogP contribution in [0.3, 0.4) is 0 Å². The highest BCUT2D eigenvalue weighted by atomic mass is 16.5. The molecule has 1 aliphatic carbocycles. The maximum absolute atomic E-state index is 8.38. The normalized spacial score (nSPS) is 18.9. The van der Waals surface area contributed by atoms with E-state index in [1.54, 1.807) is 22.9 Å². The molecule has 0 amide bonds.